The smallest absolute Gasteiger partial charge is 0.207 e. The molecule has 0 bridgehead atoms. The van der Waals surface area contributed by atoms with Crippen molar-refractivity contribution >= 4 is 56.2 Å². The van der Waals surface area contributed by atoms with Crippen molar-refractivity contribution in [2.75, 3.05) is 12.4 Å². The van der Waals surface area contributed by atoms with E-state index >= 15 is 0 Å². The zero-order valence-corrected chi connectivity index (χ0v) is 14.7. The maximum Gasteiger partial charge on any atom is 0.245 e. The van der Waals surface area contributed by atoms with Gasteiger partial charge in [-0.15, -0.1) is 22.9 Å². The Morgan fingerprint density at radius 3 is 2.40 bits per heavy atom. The molecule has 0 aromatic carbocycles. The van der Waals surface area contributed by atoms with Crippen molar-refractivity contribution < 1.29 is 8.42 Å². The molecule has 1 aromatic rings. The summed E-state index contributed by atoms with van der Waals surface area (Å²) in [5, 5.41) is 0. The average Bonchev–Trinajstić information content (AvgIpc) is 2.76. The van der Waals surface area contributed by atoms with Crippen LogP contribution < -0.4 is 0 Å². The predicted octanol–water partition coefficient (Wildman–Crippen LogP) is 4.62. The summed E-state index contributed by atoms with van der Waals surface area (Å²) in [5.41, 5.74) is 0. The molecule has 1 aliphatic rings. The van der Waals surface area contributed by atoms with Crippen LogP contribution in [-0.2, 0) is 10.0 Å². The molecular weight excluding hydrogens is 361 g/mol. The Hall–Kier alpha value is 0.480. The highest BCUT2D eigenvalue weighted by molar-refractivity contribution is 7.89. The fourth-order valence-electron chi connectivity index (χ4n) is 2.58. The second-order valence-electron chi connectivity index (χ2n) is 4.79. The molecule has 1 aliphatic carbocycles. The van der Waals surface area contributed by atoms with Gasteiger partial charge in [0, 0.05) is 18.5 Å². The molecule has 8 heteroatoms. The van der Waals surface area contributed by atoms with E-state index in [9.17, 15) is 8.42 Å². The molecule has 1 saturated carbocycles. The average molecular weight is 377 g/mol. The largest absolute Gasteiger partial charge is 0.245 e. The molecule has 2 rings (SSSR count). The molecule has 20 heavy (non-hydrogen) atoms. The van der Waals surface area contributed by atoms with Gasteiger partial charge in [0.2, 0.25) is 10.0 Å². The van der Waals surface area contributed by atoms with Crippen molar-refractivity contribution in [3.63, 3.8) is 0 Å². The summed E-state index contributed by atoms with van der Waals surface area (Å²) in [6, 6.07) is 1.44. The fraction of sp³-hybridized carbons (Fsp3) is 0.667. The van der Waals surface area contributed by atoms with Crippen LogP contribution in [0.4, 0.5) is 0 Å². The zero-order valence-electron chi connectivity index (χ0n) is 10.8. The number of hydrogen-bond acceptors (Lipinski definition) is 3. The van der Waals surface area contributed by atoms with Crippen molar-refractivity contribution in [3.8, 4) is 0 Å². The Balaban J connectivity index is 2.33. The van der Waals surface area contributed by atoms with Crippen molar-refractivity contribution in [1.82, 2.24) is 4.31 Å². The lowest BCUT2D eigenvalue weighted by atomic mass is 9.95. The quantitative estimate of drug-likeness (QED) is 0.703. The first kappa shape index (κ1) is 16.8. The molecule has 0 spiro atoms. The molecule has 0 amide bonds. The summed E-state index contributed by atoms with van der Waals surface area (Å²) in [4.78, 5) is 0.102. The molecule has 1 aromatic heterocycles. The topological polar surface area (TPSA) is 37.4 Å². The number of sulfonamides is 1. The number of hydrogen-bond donors (Lipinski definition) is 0. The van der Waals surface area contributed by atoms with Crippen molar-refractivity contribution in [2.24, 2.45) is 0 Å². The lowest BCUT2D eigenvalue weighted by molar-refractivity contribution is 0.262. The second kappa shape index (κ2) is 7.16. The van der Waals surface area contributed by atoms with E-state index in [4.69, 9.17) is 34.8 Å². The van der Waals surface area contributed by atoms with Crippen LogP contribution in [0.3, 0.4) is 0 Å². The van der Waals surface area contributed by atoms with E-state index in [1.807, 2.05) is 0 Å². The molecule has 3 nitrogen and oxygen atoms in total. The predicted molar refractivity (Wildman–Crippen MR) is 85.8 cm³/mol. The maximum atomic E-state index is 12.8. The Labute approximate surface area is 138 Å². The Kier molecular flexibility index (Phi) is 6.03. The molecule has 1 heterocycles. The summed E-state index contributed by atoms with van der Waals surface area (Å²) < 4.78 is 27.7. The first-order chi connectivity index (χ1) is 9.46. The molecule has 0 unspecified atom stereocenters. The van der Waals surface area contributed by atoms with Gasteiger partial charge in [0.25, 0.3) is 0 Å². The maximum absolute atomic E-state index is 12.8. The van der Waals surface area contributed by atoms with Crippen LogP contribution in [0.25, 0.3) is 0 Å². The van der Waals surface area contributed by atoms with E-state index < -0.39 is 10.0 Å². The van der Waals surface area contributed by atoms with Gasteiger partial charge in [0.1, 0.15) is 9.23 Å². The molecular formula is C12H16Cl3NO2S2. The molecule has 114 valence electrons. The van der Waals surface area contributed by atoms with Gasteiger partial charge < -0.3 is 0 Å². The third-order valence-corrected chi connectivity index (χ3v) is 7.37. The highest BCUT2D eigenvalue weighted by Crippen LogP contribution is 2.37. The van der Waals surface area contributed by atoms with Gasteiger partial charge >= 0.3 is 0 Å². The van der Waals surface area contributed by atoms with Crippen LogP contribution in [0.15, 0.2) is 11.0 Å². The lowest BCUT2D eigenvalue weighted by Crippen LogP contribution is -2.42. The highest BCUT2D eigenvalue weighted by atomic mass is 35.5. The third-order valence-electron chi connectivity index (χ3n) is 3.50. The fourth-order valence-corrected chi connectivity index (χ4v) is 6.66. The van der Waals surface area contributed by atoms with Crippen LogP contribution in [0.2, 0.25) is 8.67 Å². The normalized spacial score (nSPS) is 17.8. The van der Waals surface area contributed by atoms with E-state index in [-0.39, 0.29) is 21.2 Å². The summed E-state index contributed by atoms with van der Waals surface area (Å²) in [5.74, 6) is 0.269. The monoisotopic (exact) mass is 375 g/mol. The Bertz CT molecular complexity index is 553. The first-order valence-corrected chi connectivity index (χ1v) is 10.0. The van der Waals surface area contributed by atoms with Crippen LogP contribution in [0, 0.1) is 0 Å². The summed E-state index contributed by atoms with van der Waals surface area (Å²) in [7, 11) is -3.63. The SMILES string of the molecule is O=S(=O)(c1cc(Cl)sc1Cl)N(CCCl)C1CCCCC1. The number of thiophene rings is 1. The van der Waals surface area contributed by atoms with E-state index in [1.54, 1.807) is 0 Å². The van der Waals surface area contributed by atoms with Crippen molar-refractivity contribution in [3.05, 3.63) is 14.7 Å². The van der Waals surface area contributed by atoms with E-state index in [0.717, 1.165) is 43.4 Å². The molecule has 0 N–H and O–H groups in total. The van der Waals surface area contributed by atoms with Gasteiger partial charge in [0.05, 0.1) is 4.34 Å². The van der Waals surface area contributed by atoms with Gasteiger partial charge in [-0.1, -0.05) is 42.5 Å². The van der Waals surface area contributed by atoms with Crippen molar-refractivity contribution in [2.45, 2.75) is 43.0 Å². The summed E-state index contributed by atoms with van der Waals surface area (Å²) >= 11 is 18.7. The summed E-state index contributed by atoms with van der Waals surface area (Å²) in [6.45, 7) is 0.304. The standard InChI is InChI=1S/C12H16Cl3NO2S2/c13-6-7-16(9-4-2-1-3-5-9)20(17,18)10-8-11(14)19-12(10)15/h8-9H,1-7H2. The molecule has 1 fully saturated rings. The molecule has 0 radical (unpaired) electrons. The first-order valence-electron chi connectivity index (χ1n) is 6.49. The van der Waals surface area contributed by atoms with E-state index in [0.29, 0.717) is 10.9 Å². The number of halogens is 3. The van der Waals surface area contributed by atoms with Crippen LogP contribution in [0.1, 0.15) is 32.1 Å². The second-order valence-corrected chi connectivity index (χ2v) is 9.31. The lowest BCUT2D eigenvalue weighted by Gasteiger charge is -2.32. The minimum atomic E-state index is -3.63. The van der Waals surface area contributed by atoms with Gasteiger partial charge in [0.15, 0.2) is 0 Å². The van der Waals surface area contributed by atoms with Crippen LogP contribution >= 0.6 is 46.1 Å². The van der Waals surface area contributed by atoms with Gasteiger partial charge in [-0.3, -0.25) is 0 Å². The summed E-state index contributed by atoms with van der Waals surface area (Å²) in [6.07, 6.45) is 5.03. The highest BCUT2D eigenvalue weighted by Gasteiger charge is 2.34. The number of nitrogens with zero attached hydrogens (tertiary/aromatic N) is 1. The van der Waals surface area contributed by atoms with Gasteiger partial charge in [-0.2, -0.15) is 4.31 Å². The van der Waals surface area contributed by atoms with Crippen LogP contribution in [-0.4, -0.2) is 31.2 Å². The zero-order chi connectivity index (χ0) is 14.8. The number of alkyl halides is 1. The van der Waals surface area contributed by atoms with Crippen LogP contribution in [0.5, 0.6) is 0 Å². The number of rotatable bonds is 5. The van der Waals surface area contributed by atoms with E-state index in [1.165, 1.54) is 10.4 Å². The van der Waals surface area contributed by atoms with E-state index in [2.05, 4.69) is 0 Å². The van der Waals surface area contributed by atoms with Crippen molar-refractivity contribution in [1.29, 1.82) is 0 Å². The Morgan fingerprint density at radius 1 is 1.25 bits per heavy atom. The Morgan fingerprint density at radius 2 is 1.90 bits per heavy atom. The molecule has 0 aliphatic heterocycles. The minimum Gasteiger partial charge on any atom is -0.207 e. The minimum absolute atomic E-state index is 0.0160. The molecule has 0 saturated heterocycles. The third kappa shape index (κ3) is 3.62. The molecule has 0 atom stereocenters. The van der Waals surface area contributed by atoms with Gasteiger partial charge in [-0.25, -0.2) is 8.42 Å². The van der Waals surface area contributed by atoms with Gasteiger partial charge in [-0.05, 0) is 18.9 Å².